The average molecular weight is 372 g/mol. The standard InChI is InChI=1S/C21H33BN2O3/c1-7-10-11-12-13-22(15-23)18(16(4)5)14-20(25)17(6)24-19(8-2)21(26)27-9-3/h1,8,16,18,20,25H,9-14H2,2-6H3/b19-8-,24-17?. The Morgan fingerprint density at radius 3 is 2.56 bits per heavy atom. The van der Waals surface area contributed by atoms with E-state index >= 15 is 0 Å². The Kier molecular flexibility index (Phi) is 13.0. The van der Waals surface area contributed by atoms with Crippen molar-refractivity contribution in [3.8, 4) is 18.3 Å². The van der Waals surface area contributed by atoms with Crippen LogP contribution in [0.5, 0.6) is 0 Å². The van der Waals surface area contributed by atoms with Crippen LogP contribution in [0.2, 0.25) is 12.1 Å². The lowest BCUT2D eigenvalue weighted by molar-refractivity contribution is -0.138. The number of terminal acetylenes is 1. The first kappa shape index (κ1) is 25.0. The first-order chi connectivity index (χ1) is 12.8. The molecule has 0 aliphatic heterocycles. The number of aliphatic imine (C=N–C) groups is 1. The molecule has 27 heavy (non-hydrogen) atoms. The fraction of sp³-hybridized carbons (Fsp3) is 0.667. The number of ether oxygens (including phenoxy) is 1. The van der Waals surface area contributed by atoms with Crippen molar-refractivity contribution < 1.29 is 14.6 Å². The maximum absolute atomic E-state index is 11.9. The lowest BCUT2D eigenvalue weighted by Gasteiger charge is -2.26. The topological polar surface area (TPSA) is 82.7 Å². The summed E-state index contributed by atoms with van der Waals surface area (Å²) in [7, 11) is 0. The predicted octanol–water partition coefficient (Wildman–Crippen LogP) is 4.05. The zero-order chi connectivity index (χ0) is 20.8. The van der Waals surface area contributed by atoms with Crippen molar-refractivity contribution in [3.63, 3.8) is 0 Å². The molecule has 6 heteroatoms. The Morgan fingerprint density at radius 2 is 2.07 bits per heavy atom. The van der Waals surface area contributed by atoms with E-state index in [1.165, 1.54) is 0 Å². The summed E-state index contributed by atoms with van der Waals surface area (Å²) in [5.74, 6) is 4.80. The summed E-state index contributed by atoms with van der Waals surface area (Å²) in [6.07, 6.45) is 9.76. The molecule has 0 aliphatic carbocycles. The van der Waals surface area contributed by atoms with Gasteiger partial charge in [-0.15, -0.1) is 12.3 Å². The zero-order valence-corrected chi connectivity index (χ0v) is 17.4. The van der Waals surface area contributed by atoms with Gasteiger partial charge in [0.1, 0.15) is 5.70 Å². The van der Waals surface area contributed by atoms with E-state index in [1.807, 2.05) is 0 Å². The first-order valence-corrected chi connectivity index (χ1v) is 9.71. The van der Waals surface area contributed by atoms with Gasteiger partial charge in [-0.3, -0.25) is 0 Å². The number of carbonyl (C=O) groups excluding carboxylic acids is 1. The number of hydrogen-bond acceptors (Lipinski definition) is 5. The average Bonchev–Trinajstić information content (AvgIpc) is 2.64. The Morgan fingerprint density at radius 1 is 1.41 bits per heavy atom. The molecular formula is C21H33BN2O3. The van der Waals surface area contributed by atoms with Gasteiger partial charge in [0, 0.05) is 18.1 Å². The molecule has 5 nitrogen and oxygen atoms in total. The number of rotatable bonds is 12. The summed E-state index contributed by atoms with van der Waals surface area (Å²) in [4.78, 5) is 16.1. The van der Waals surface area contributed by atoms with Gasteiger partial charge in [-0.1, -0.05) is 32.7 Å². The molecule has 0 saturated heterocycles. The van der Waals surface area contributed by atoms with Crippen LogP contribution in [0.3, 0.4) is 0 Å². The number of nitrogens with zero attached hydrogens (tertiary/aromatic N) is 2. The van der Waals surface area contributed by atoms with Gasteiger partial charge in [0.05, 0.1) is 12.7 Å². The Balaban J connectivity index is 5.12. The van der Waals surface area contributed by atoms with Crippen LogP contribution in [0.1, 0.15) is 60.3 Å². The third-order valence-electron chi connectivity index (χ3n) is 4.66. The lowest BCUT2D eigenvalue weighted by atomic mass is 9.36. The molecule has 2 atom stereocenters. The molecule has 0 radical (unpaired) electrons. The highest BCUT2D eigenvalue weighted by Gasteiger charge is 2.31. The molecule has 0 aromatic heterocycles. The van der Waals surface area contributed by atoms with Gasteiger partial charge in [0.25, 0.3) is 6.71 Å². The minimum atomic E-state index is -0.816. The molecule has 0 aliphatic rings. The second-order valence-electron chi connectivity index (χ2n) is 6.99. The van der Waals surface area contributed by atoms with Gasteiger partial charge in [-0.25, -0.2) is 15.0 Å². The number of esters is 1. The van der Waals surface area contributed by atoms with Crippen LogP contribution in [-0.4, -0.2) is 36.2 Å². The highest BCUT2D eigenvalue weighted by atomic mass is 16.5. The maximum Gasteiger partial charge on any atom is 0.356 e. The van der Waals surface area contributed by atoms with Gasteiger partial charge < -0.3 is 9.84 Å². The quantitative estimate of drug-likeness (QED) is 0.140. The van der Waals surface area contributed by atoms with E-state index in [1.54, 1.807) is 26.8 Å². The summed E-state index contributed by atoms with van der Waals surface area (Å²) >= 11 is 0. The highest BCUT2D eigenvalue weighted by Crippen LogP contribution is 2.30. The van der Waals surface area contributed by atoms with Crippen LogP contribution in [0, 0.1) is 29.5 Å². The van der Waals surface area contributed by atoms with Gasteiger partial charge in [-0.2, -0.15) is 0 Å². The smallest absolute Gasteiger partial charge is 0.356 e. The molecule has 0 aromatic carbocycles. The van der Waals surface area contributed by atoms with Crippen molar-refractivity contribution in [3.05, 3.63) is 11.8 Å². The summed E-state index contributed by atoms with van der Waals surface area (Å²) in [6.45, 7) is 9.38. The van der Waals surface area contributed by atoms with Crippen molar-refractivity contribution >= 4 is 18.4 Å². The molecule has 0 spiro atoms. The Labute approximate surface area is 165 Å². The molecule has 0 bridgehead atoms. The van der Waals surface area contributed by atoms with Gasteiger partial charge in [0.15, 0.2) is 0 Å². The number of carbonyl (C=O) groups is 1. The molecule has 0 heterocycles. The van der Waals surface area contributed by atoms with Crippen molar-refractivity contribution in [2.24, 2.45) is 10.9 Å². The molecule has 2 unspecified atom stereocenters. The minimum Gasteiger partial charge on any atom is -0.461 e. The predicted molar refractivity (Wildman–Crippen MR) is 112 cm³/mol. The molecule has 148 valence electrons. The monoisotopic (exact) mass is 372 g/mol. The molecular weight excluding hydrogens is 339 g/mol. The summed E-state index contributed by atoms with van der Waals surface area (Å²) in [6, 6.07) is 0. The van der Waals surface area contributed by atoms with E-state index in [9.17, 15) is 15.2 Å². The molecule has 0 aromatic rings. The number of aliphatic hydroxyl groups excluding tert-OH is 1. The number of aliphatic hydroxyl groups is 1. The van der Waals surface area contributed by atoms with E-state index in [0.717, 1.165) is 25.6 Å². The van der Waals surface area contributed by atoms with Crippen molar-refractivity contribution in [2.45, 2.75) is 78.5 Å². The van der Waals surface area contributed by atoms with Crippen LogP contribution in [0.15, 0.2) is 16.8 Å². The van der Waals surface area contributed by atoms with E-state index in [2.05, 4.69) is 30.7 Å². The second kappa shape index (κ2) is 14.1. The second-order valence-corrected chi connectivity index (χ2v) is 6.99. The number of nitriles is 1. The molecule has 0 rings (SSSR count). The van der Waals surface area contributed by atoms with Gasteiger partial charge in [0.2, 0.25) is 0 Å². The van der Waals surface area contributed by atoms with Crippen LogP contribution in [0.4, 0.5) is 0 Å². The first-order valence-electron chi connectivity index (χ1n) is 9.71. The third-order valence-corrected chi connectivity index (χ3v) is 4.66. The van der Waals surface area contributed by atoms with Gasteiger partial charge >= 0.3 is 5.97 Å². The minimum absolute atomic E-state index is 0.0395. The SMILES string of the molecule is C#CCCCCB(C#N)C(CC(O)C(C)=N/C(=C\C)C(=O)OCC)C(C)C. The van der Waals surface area contributed by atoms with E-state index in [4.69, 9.17) is 11.2 Å². The van der Waals surface area contributed by atoms with Crippen molar-refractivity contribution in [2.75, 3.05) is 6.61 Å². The van der Waals surface area contributed by atoms with Crippen LogP contribution in [0.25, 0.3) is 0 Å². The molecule has 1 N–H and O–H groups in total. The fourth-order valence-corrected chi connectivity index (χ4v) is 2.99. The molecule has 0 amide bonds. The largest absolute Gasteiger partial charge is 0.461 e. The van der Waals surface area contributed by atoms with Crippen molar-refractivity contribution in [1.82, 2.24) is 0 Å². The highest BCUT2D eigenvalue weighted by molar-refractivity contribution is 6.68. The lowest BCUT2D eigenvalue weighted by Crippen LogP contribution is -2.30. The number of hydrogen-bond donors (Lipinski definition) is 1. The van der Waals surface area contributed by atoms with E-state index in [0.29, 0.717) is 12.1 Å². The Bertz CT molecular complexity index is 600. The fourth-order valence-electron chi connectivity index (χ4n) is 2.99. The van der Waals surface area contributed by atoms with E-state index < -0.39 is 12.1 Å². The summed E-state index contributed by atoms with van der Waals surface area (Å²) in [5.41, 5.74) is 0.631. The third kappa shape index (κ3) is 9.45. The number of allylic oxidation sites excluding steroid dienone is 1. The summed E-state index contributed by atoms with van der Waals surface area (Å²) in [5, 5.41) is 20.2. The maximum atomic E-state index is 11.9. The zero-order valence-electron chi connectivity index (χ0n) is 17.4. The number of unbranched alkanes of at least 4 members (excludes halogenated alkanes) is 2. The molecule has 0 saturated carbocycles. The van der Waals surface area contributed by atoms with Crippen LogP contribution in [-0.2, 0) is 9.53 Å². The van der Waals surface area contributed by atoms with E-state index in [-0.39, 0.29) is 30.8 Å². The van der Waals surface area contributed by atoms with Crippen LogP contribution >= 0.6 is 0 Å². The van der Waals surface area contributed by atoms with Crippen LogP contribution < -0.4 is 0 Å². The summed E-state index contributed by atoms with van der Waals surface area (Å²) < 4.78 is 4.96. The van der Waals surface area contributed by atoms with Crippen molar-refractivity contribution in [1.29, 1.82) is 5.26 Å². The molecule has 0 fully saturated rings. The Hall–Kier alpha value is -2.05. The normalized spacial score (nSPS) is 14.3. The van der Waals surface area contributed by atoms with Gasteiger partial charge in [-0.05, 0) is 45.3 Å².